The number of benzene rings is 1. The van der Waals surface area contributed by atoms with Gasteiger partial charge in [-0.15, -0.1) is 0 Å². The van der Waals surface area contributed by atoms with Crippen LogP contribution in [0.1, 0.15) is 24.5 Å². The Morgan fingerprint density at radius 3 is 2.85 bits per heavy atom. The van der Waals surface area contributed by atoms with Gasteiger partial charge in [0.1, 0.15) is 0 Å². The Morgan fingerprint density at radius 2 is 2.23 bits per heavy atom. The van der Waals surface area contributed by atoms with Crippen LogP contribution in [0.15, 0.2) is 35.4 Å². The molecule has 0 heterocycles. The average Bonchev–Trinajstić information content (AvgIpc) is 2.14. The Morgan fingerprint density at radius 1 is 1.46 bits per heavy atom. The molecule has 0 atom stereocenters. The summed E-state index contributed by atoms with van der Waals surface area (Å²) >= 11 is 5.59. The number of halogens is 1. The number of hydrogen-bond acceptors (Lipinski definition) is 0. The first-order valence-corrected chi connectivity index (χ1v) is 4.97. The molecule has 0 aliphatic heterocycles. The summed E-state index contributed by atoms with van der Waals surface area (Å²) in [5.74, 6) is 0. The molecule has 1 aromatic rings. The van der Waals surface area contributed by atoms with E-state index in [2.05, 4.69) is 38.1 Å². The van der Waals surface area contributed by atoms with Crippen LogP contribution in [-0.4, -0.2) is 0 Å². The van der Waals surface area contributed by atoms with Crippen LogP contribution in [-0.2, 0) is 6.42 Å². The van der Waals surface area contributed by atoms with Crippen molar-refractivity contribution < 1.29 is 0 Å². The molecule has 0 unspecified atom stereocenters. The lowest BCUT2D eigenvalue weighted by Crippen LogP contribution is -1.86. The molecular weight excluding hydrogens is 180 g/mol. The molecule has 1 aromatic carbocycles. The molecule has 1 rings (SSSR count). The molecular formula is C12H15Cl. The van der Waals surface area contributed by atoms with Crippen molar-refractivity contribution in [3.8, 4) is 0 Å². The zero-order chi connectivity index (χ0) is 9.68. The van der Waals surface area contributed by atoms with E-state index in [9.17, 15) is 0 Å². The fourth-order valence-electron chi connectivity index (χ4n) is 1.26. The zero-order valence-corrected chi connectivity index (χ0v) is 8.93. The molecule has 0 saturated carbocycles. The molecule has 0 bridgehead atoms. The Kier molecular flexibility index (Phi) is 4.04. The van der Waals surface area contributed by atoms with E-state index in [0.717, 1.165) is 12.8 Å². The number of allylic oxidation sites excluding steroid dienone is 1. The van der Waals surface area contributed by atoms with Gasteiger partial charge >= 0.3 is 0 Å². The van der Waals surface area contributed by atoms with Crippen molar-refractivity contribution in [1.82, 2.24) is 0 Å². The van der Waals surface area contributed by atoms with Crippen LogP contribution in [0.2, 0.25) is 0 Å². The van der Waals surface area contributed by atoms with Gasteiger partial charge in [0.25, 0.3) is 0 Å². The van der Waals surface area contributed by atoms with Crippen molar-refractivity contribution in [2.45, 2.75) is 26.7 Å². The van der Waals surface area contributed by atoms with Gasteiger partial charge in [-0.05, 0) is 32.3 Å². The molecule has 0 aliphatic carbocycles. The number of hydrogen-bond donors (Lipinski definition) is 0. The van der Waals surface area contributed by atoms with Crippen molar-refractivity contribution in [3.63, 3.8) is 0 Å². The van der Waals surface area contributed by atoms with E-state index in [0.29, 0.717) is 0 Å². The molecule has 13 heavy (non-hydrogen) atoms. The van der Waals surface area contributed by atoms with Crippen molar-refractivity contribution in [2.24, 2.45) is 0 Å². The highest BCUT2D eigenvalue weighted by Gasteiger charge is 1.94. The van der Waals surface area contributed by atoms with Crippen molar-refractivity contribution >= 4 is 11.6 Å². The van der Waals surface area contributed by atoms with Gasteiger partial charge < -0.3 is 0 Å². The van der Waals surface area contributed by atoms with Gasteiger partial charge in [-0.25, -0.2) is 0 Å². The molecule has 0 fully saturated rings. The van der Waals surface area contributed by atoms with Crippen molar-refractivity contribution in [1.29, 1.82) is 0 Å². The maximum absolute atomic E-state index is 5.59. The summed E-state index contributed by atoms with van der Waals surface area (Å²) in [6, 6.07) is 8.61. The minimum absolute atomic E-state index is 1.05. The van der Waals surface area contributed by atoms with Gasteiger partial charge in [-0.3, -0.25) is 0 Å². The van der Waals surface area contributed by atoms with Gasteiger partial charge in [0, 0.05) is 5.54 Å². The Balaban J connectivity index is 2.55. The maximum atomic E-state index is 5.59. The van der Waals surface area contributed by atoms with Gasteiger partial charge in [-0.2, -0.15) is 0 Å². The van der Waals surface area contributed by atoms with Crippen LogP contribution in [0, 0.1) is 6.92 Å². The Labute approximate surface area is 85.2 Å². The molecule has 0 nitrogen and oxygen atoms in total. The summed E-state index contributed by atoms with van der Waals surface area (Å²) in [4.78, 5) is 0. The molecule has 0 aromatic heterocycles. The summed E-state index contributed by atoms with van der Waals surface area (Å²) in [6.45, 7) is 4.18. The average molecular weight is 195 g/mol. The Bertz CT molecular complexity index is 300. The molecule has 0 saturated heterocycles. The first kappa shape index (κ1) is 10.3. The van der Waals surface area contributed by atoms with Crippen molar-refractivity contribution in [2.75, 3.05) is 0 Å². The van der Waals surface area contributed by atoms with E-state index in [1.165, 1.54) is 16.7 Å². The fraction of sp³-hybridized carbons (Fsp3) is 0.333. The van der Waals surface area contributed by atoms with Gasteiger partial charge in [-0.1, -0.05) is 47.0 Å². The van der Waals surface area contributed by atoms with E-state index in [1.54, 1.807) is 5.54 Å². The van der Waals surface area contributed by atoms with Crippen LogP contribution in [0.4, 0.5) is 0 Å². The summed E-state index contributed by atoms with van der Waals surface area (Å²) in [5.41, 5.74) is 5.61. The maximum Gasteiger partial charge on any atom is 0.00318 e. The van der Waals surface area contributed by atoms with Crippen LogP contribution >= 0.6 is 11.6 Å². The zero-order valence-electron chi connectivity index (χ0n) is 8.18. The first-order chi connectivity index (χ1) is 6.22. The van der Waals surface area contributed by atoms with Crippen molar-refractivity contribution in [3.05, 3.63) is 46.5 Å². The molecule has 0 N–H and O–H groups in total. The van der Waals surface area contributed by atoms with E-state index in [1.807, 2.05) is 0 Å². The third-order valence-corrected chi connectivity index (χ3v) is 2.45. The SMILES string of the molecule is C/C(=C/Cl)CCc1cccc(C)c1. The normalized spacial score (nSPS) is 11.8. The second kappa shape index (κ2) is 5.08. The van der Waals surface area contributed by atoms with Crippen LogP contribution in [0.25, 0.3) is 0 Å². The summed E-state index contributed by atoms with van der Waals surface area (Å²) in [7, 11) is 0. The minimum atomic E-state index is 1.05. The van der Waals surface area contributed by atoms with E-state index < -0.39 is 0 Å². The van der Waals surface area contributed by atoms with Crippen LogP contribution in [0.5, 0.6) is 0 Å². The van der Waals surface area contributed by atoms with E-state index in [-0.39, 0.29) is 0 Å². The van der Waals surface area contributed by atoms with Crippen LogP contribution in [0.3, 0.4) is 0 Å². The molecule has 0 radical (unpaired) electrons. The Hall–Kier alpha value is -0.750. The third kappa shape index (κ3) is 3.65. The predicted molar refractivity (Wildman–Crippen MR) is 59.1 cm³/mol. The number of aryl methyl sites for hydroxylation is 2. The second-order valence-corrected chi connectivity index (χ2v) is 3.66. The quantitative estimate of drug-likeness (QED) is 0.681. The molecule has 1 heteroatoms. The molecule has 0 amide bonds. The van der Waals surface area contributed by atoms with E-state index in [4.69, 9.17) is 11.6 Å². The monoisotopic (exact) mass is 194 g/mol. The lowest BCUT2D eigenvalue weighted by Gasteiger charge is -2.02. The standard InChI is InChI=1S/C12H15Cl/c1-10-4-3-5-12(8-10)7-6-11(2)9-13/h3-5,8-9H,6-7H2,1-2H3/b11-9-. The lowest BCUT2D eigenvalue weighted by atomic mass is 10.0. The summed E-state index contributed by atoms with van der Waals surface area (Å²) in [6.07, 6.45) is 2.13. The van der Waals surface area contributed by atoms with Gasteiger partial charge in [0.2, 0.25) is 0 Å². The molecule has 70 valence electrons. The third-order valence-electron chi connectivity index (χ3n) is 2.08. The molecule has 0 spiro atoms. The molecule has 0 aliphatic rings. The smallest absolute Gasteiger partial charge is 0.00318 e. The van der Waals surface area contributed by atoms with Crippen LogP contribution < -0.4 is 0 Å². The highest BCUT2D eigenvalue weighted by Crippen LogP contribution is 2.10. The fourth-order valence-corrected chi connectivity index (χ4v) is 1.37. The second-order valence-electron chi connectivity index (χ2n) is 3.44. The highest BCUT2D eigenvalue weighted by molar-refractivity contribution is 6.25. The minimum Gasteiger partial charge on any atom is -0.0930 e. The first-order valence-electron chi connectivity index (χ1n) is 4.54. The predicted octanol–water partition coefficient (Wildman–Crippen LogP) is 4.07. The van der Waals surface area contributed by atoms with Gasteiger partial charge in [0.15, 0.2) is 0 Å². The highest BCUT2D eigenvalue weighted by atomic mass is 35.5. The topological polar surface area (TPSA) is 0 Å². The summed E-state index contributed by atoms with van der Waals surface area (Å²) < 4.78 is 0. The summed E-state index contributed by atoms with van der Waals surface area (Å²) in [5, 5.41) is 0. The number of rotatable bonds is 3. The largest absolute Gasteiger partial charge is 0.0930 e. The van der Waals surface area contributed by atoms with Gasteiger partial charge in [0.05, 0.1) is 0 Å². The lowest BCUT2D eigenvalue weighted by molar-refractivity contribution is 0.942. The van der Waals surface area contributed by atoms with E-state index >= 15 is 0 Å².